The maximum absolute atomic E-state index is 13.6. The number of ketones is 3. The van der Waals surface area contributed by atoms with Gasteiger partial charge in [0.25, 0.3) is 0 Å². The lowest BCUT2D eigenvalue weighted by molar-refractivity contribution is -0.247. The normalized spacial score (nSPS) is 29.5. The van der Waals surface area contributed by atoms with E-state index in [9.17, 15) is 44.7 Å². The molecule has 1 aromatic heterocycles. The molecule has 2 aliphatic carbocycles. The number of anilines is 1. The van der Waals surface area contributed by atoms with Crippen LogP contribution in [0.5, 0.6) is 17.2 Å². The van der Waals surface area contributed by atoms with Gasteiger partial charge in [-0.25, -0.2) is 9.78 Å². The minimum atomic E-state index is -2.00. The minimum Gasteiger partial charge on any atom is -0.507 e. The summed E-state index contributed by atoms with van der Waals surface area (Å²) in [7, 11) is 1.34. The molecule has 55 heavy (non-hydrogen) atoms. The third kappa shape index (κ3) is 7.42. The molecule has 298 valence electrons. The number of rotatable bonds is 6. The van der Waals surface area contributed by atoms with Gasteiger partial charge in [-0.3, -0.25) is 19.0 Å². The third-order valence-corrected chi connectivity index (χ3v) is 10.2. The van der Waals surface area contributed by atoms with E-state index in [1.54, 1.807) is 6.92 Å². The van der Waals surface area contributed by atoms with Crippen molar-refractivity contribution in [2.24, 2.45) is 5.73 Å². The van der Waals surface area contributed by atoms with Crippen molar-refractivity contribution < 1.29 is 64.0 Å². The largest absolute Gasteiger partial charge is 0.507 e. The number of ether oxygens (including phenoxy) is 4. The van der Waals surface area contributed by atoms with Crippen LogP contribution in [-0.4, -0.2) is 119 Å². The number of Topliss-reactive ketones (excluding diaryl/α,β-unsaturated/α-hetero) is 1. The maximum Gasteiger partial charge on any atom is 0.354 e. The second-order valence-corrected chi connectivity index (χ2v) is 13.7. The van der Waals surface area contributed by atoms with E-state index in [1.807, 2.05) is 0 Å². The number of carbonyl (C=O) groups is 3. The van der Waals surface area contributed by atoms with Crippen LogP contribution in [0.2, 0.25) is 0 Å². The number of fused-ring (bicyclic) bond motifs is 3. The fourth-order valence-electron chi connectivity index (χ4n) is 7.26. The zero-order valence-electron chi connectivity index (χ0n) is 29.8. The highest BCUT2D eigenvalue weighted by Gasteiger charge is 2.49. The van der Waals surface area contributed by atoms with Crippen molar-refractivity contribution in [1.29, 1.82) is 0 Å². The number of carbonyl (C=O) groups excluding carboxylic acids is 3. The summed E-state index contributed by atoms with van der Waals surface area (Å²) in [6.45, 7) is 2.48. The quantitative estimate of drug-likeness (QED) is 0.112. The van der Waals surface area contributed by atoms with E-state index < -0.39 is 107 Å². The summed E-state index contributed by atoms with van der Waals surface area (Å²) < 4.78 is 23.5. The molecule has 3 heterocycles. The predicted octanol–water partition coefficient (Wildman–Crippen LogP) is -0.688. The first-order valence-electron chi connectivity index (χ1n) is 17.0. The number of aromatic hydroxyl groups is 2. The molecule has 4 aliphatic rings. The number of nitrogens with zero attached hydrogens (tertiary/aromatic N) is 3. The van der Waals surface area contributed by atoms with Gasteiger partial charge in [0.2, 0.25) is 11.7 Å². The first-order chi connectivity index (χ1) is 25.5. The number of aliphatic hydroxyl groups is 4. The van der Waals surface area contributed by atoms with Crippen LogP contribution in [0.15, 0.2) is 29.3 Å². The van der Waals surface area contributed by atoms with Crippen molar-refractivity contribution in [2.45, 2.75) is 94.2 Å². The molecule has 2 fully saturated rings. The van der Waals surface area contributed by atoms with Crippen LogP contribution in [0.3, 0.4) is 0 Å². The summed E-state index contributed by atoms with van der Waals surface area (Å²) in [5.41, 5.74) is 7.62. The van der Waals surface area contributed by atoms with Gasteiger partial charge in [0, 0.05) is 48.4 Å². The van der Waals surface area contributed by atoms with Crippen molar-refractivity contribution in [2.75, 3.05) is 19.5 Å². The molecule has 20 heteroatoms. The topological polar surface area (TPSA) is 309 Å². The van der Waals surface area contributed by atoms with E-state index in [2.05, 4.69) is 9.97 Å². The zero-order chi connectivity index (χ0) is 39.4. The fourth-order valence-corrected chi connectivity index (χ4v) is 7.26. The van der Waals surface area contributed by atoms with Crippen molar-refractivity contribution in [3.63, 3.8) is 0 Å². The van der Waals surface area contributed by atoms with Crippen LogP contribution < -0.4 is 21.9 Å². The van der Waals surface area contributed by atoms with Crippen LogP contribution >= 0.6 is 12.4 Å². The van der Waals surface area contributed by atoms with Gasteiger partial charge in [0.05, 0.1) is 54.8 Å². The van der Waals surface area contributed by atoms with Crippen molar-refractivity contribution in [1.82, 2.24) is 14.5 Å². The monoisotopic (exact) mass is 791 g/mol. The van der Waals surface area contributed by atoms with Gasteiger partial charge >= 0.3 is 5.69 Å². The molecule has 2 aromatic carbocycles. The highest BCUT2D eigenvalue weighted by Crippen LogP contribution is 2.52. The molecule has 0 saturated carbocycles. The first kappa shape index (κ1) is 41.6. The minimum absolute atomic E-state index is 0. The number of methoxy groups -OCH3 is 1. The van der Waals surface area contributed by atoms with Crippen LogP contribution in [0.1, 0.15) is 88.4 Å². The summed E-state index contributed by atoms with van der Waals surface area (Å²) in [4.78, 5) is 58.1. The zero-order valence-corrected chi connectivity index (χ0v) is 30.6. The molecule has 9 atom stereocenters. The summed E-state index contributed by atoms with van der Waals surface area (Å²) in [5, 5.41) is 62.5. The number of aromatic nitrogens is 3. The Balaban J connectivity index is 0.000000286. The second-order valence-electron chi connectivity index (χ2n) is 13.7. The number of aliphatic hydroxyl groups excluding tert-OH is 3. The van der Waals surface area contributed by atoms with Gasteiger partial charge in [0.1, 0.15) is 41.5 Å². The standard InChI is InChI=1S/C27H29NO10.C8H12N4O4.ClH/c1-10-22(30)14(28)7-17(37-10)38-16-9-27(35,11(2)29)8-13-19(16)26(34)21-20(24(13)32)23(31)12-5-4-6-15(36-3)18(12)25(21)33;9-7-10-3-12(8(15)11-7)6-1-4(14)5(2-13)16-6;/h4-6,10,14,16-17,22,30,32,34-35H,7-9,28H2,1-3H3;3-6,13-14H,1-2H2,(H2,9,11,15);1H/t10?,14?,16-,17?,22?,27-;4-,5+,6+;/m00./s1. The maximum atomic E-state index is 13.6. The Kier molecular flexibility index (Phi) is 12.0. The number of phenols is 2. The Morgan fingerprint density at radius 3 is 2.36 bits per heavy atom. The molecule has 19 nitrogen and oxygen atoms in total. The molecule has 10 N–H and O–H groups in total. The van der Waals surface area contributed by atoms with Crippen LogP contribution in [0, 0.1) is 0 Å². The molecule has 4 unspecified atom stereocenters. The van der Waals surface area contributed by atoms with Crippen LogP contribution in [0.25, 0.3) is 0 Å². The molecule has 2 saturated heterocycles. The lowest BCUT2D eigenvalue weighted by atomic mass is 9.72. The number of nitrogens with two attached hydrogens (primary N) is 2. The van der Waals surface area contributed by atoms with E-state index in [0.717, 1.165) is 4.57 Å². The number of phenolic OH excluding ortho intramolecular Hbond substituents is 2. The van der Waals surface area contributed by atoms with Crippen molar-refractivity contribution in [3.8, 4) is 17.2 Å². The van der Waals surface area contributed by atoms with E-state index in [1.165, 1.54) is 38.6 Å². The molecule has 7 rings (SSSR count). The molecule has 0 spiro atoms. The Morgan fingerprint density at radius 1 is 1.07 bits per heavy atom. The highest BCUT2D eigenvalue weighted by atomic mass is 35.5. The lowest BCUT2D eigenvalue weighted by Gasteiger charge is -2.42. The Labute approximate surface area is 318 Å². The SMILES string of the molecule is COc1cccc2c1C(=O)c1c(O)c3c(c(O)c1C2=O)C[C@@](O)(C(C)=O)C[C@@H]3OC1CC(N)C(O)C(C)O1.Cl.Nc1ncn([C@H]2C[C@H](O)[C@@H](CO)O2)c(=O)n1. The molecule has 0 radical (unpaired) electrons. The van der Waals surface area contributed by atoms with E-state index >= 15 is 0 Å². The summed E-state index contributed by atoms with van der Waals surface area (Å²) >= 11 is 0. The second kappa shape index (κ2) is 15.9. The summed E-state index contributed by atoms with van der Waals surface area (Å²) in [6.07, 6.45) is -5.27. The Hall–Kier alpha value is -4.57. The molecule has 3 aromatic rings. The van der Waals surface area contributed by atoms with E-state index in [-0.39, 0.29) is 72.2 Å². The predicted molar refractivity (Wildman–Crippen MR) is 190 cm³/mol. The highest BCUT2D eigenvalue weighted by molar-refractivity contribution is 6.31. The van der Waals surface area contributed by atoms with E-state index in [4.69, 9.17) is 35.5 Å². The van der Waals surface area contributed by atoms with Gasteiger partial charge in [-0.2, -0.15) is 4.98 Å². The summed E-state index contributed by atoms with van der Waals surface area (Å²) in [5.74, 6) is -3.29. The fraction of sp³-hybridized carbons (Fsp3) is 0.486. The van der Waals surface area contributed by atoms with Crippen LogP contribution in [0.4, 0.5) is 5.95 Å². The molecular weight excluding hydrogens is 750 g/mol. The summed E-state index contributed by atoms with van der Waals surface area (Å²) in [6, 6.07) is 3.75. The molecular formula is C35H42ClN5O14. The number of nitrogen functional groups attached to an aromatic ring is 1. The number of hydrogen-bond donors (Lipinski definition) is 8. The van der Waals surface area contributed by atoms with Gasteiger partial charge in [-0.05, 0) is 19.9 Å². The average Bonchev–Trinajstić information content (AvgIpc) is 3.50. The molecule has 2 aliphatic heterocycles. The molecule has 0 amide bonds. The third-order valence-electron chi connectivity index (χ3n) is 10.2. The number of halogens is 1. The van der Waals surface area contributed by atoms with Gasteiger partial charge in [-0.1, -0.05) is 12.1 Å². The molecule has 0 bridgehead atoms. The van der Waals surface area contributed by atoms with Crippen LogP contribution in [-0.2, 0) is 25.4 Å². The lowest BCUT2D eigenvalue weighted by Crippen LogP contribution is -2.52. The Bertz CT molecular complexity index is 2050. The van der Waals surface area contributed by atoms with Crippen molar-refractivity contribution >= 4 is 35.7 Å². The smallest absolute Gasteiger partial charge is 0.354 e. The van der Waals surface area contributed by atoms with Gasteiger partial charge in [0.15, 0.2) is 17.9 Å². The first-order valence-corrected chi connectivity index (χ1v) is 17.0. The van der Waals surface area contributed by atoms with E-state index in [0.29, 0.717) is 0 Å². The number of benzene rings is 2. The van der Waals surface area contributed by atoms with Gasteiger partial charge in [-0.15, -0.1) is 12.4 Å². The van der Waals surface area contributed by atoms with Gasteiger partial charge < -0.3 is 61.1 Å². The van der Waals surface area contributed by atoms with Crippen molar-refractivity contribution in [3.05, 3.63) is 68.4 Å². The average molecular weight is 792 g/mol. The number of hydrogen-bond acceptors (Lipinski definition) is 18. The Morgan fingerprint density at radius 2 is 1.76 bits per heavy atom.